The second-order valence-electron chi connectivity index (χ2n) is 6.93. The Morgan fingerprint density at radius 1 is 1.19 bits per heavy atom. The van der Waals surface area contributed by atoms with Gasteiger partial charge in [-0.2, -0.15) is 0 Å². The molecular formula is C22H23FN2O2. The number of halogens is 1. The third kappa shape index (κ3) is 3.54. The van der Waals surface area contributed by atoms with Crippen LogP contribution in [0.4, 0.5) is 14.9 Å². The zero-order valence-corrected chi connectivity index (χ0v) is 15.4. The molecule has 1 amide bonds. The van der Waals surface area contributed by atoms with Crippen molar-refractivity contribution in [3.8, 4) is 0 Å². The molecule has 1 heterocycles. The molecule has 4 nitrogen and oxygen atoms in total. The number of anilines is 1. The standard InChI is InChI=1S/C22H23FN2O2/c1-2-27-22(26)24-17-10-11-21-19(13-17)18-8-3-4-9-20(18)25(21)14-15-6-5-7-16(23)12-15/h5-7,10-13H,2-4,8-9,14H2,1H3,(H,24,26). The van der Waals surface area contributed by atoms with Crippen LogP contribution in [0.1, 0.15) is 36.6 Å². The summed E-state index contributed by atoms with van der Waals surface area (Å²) in [6.07, 6.45) is 3.96. The predicted molar refractivity (Wildman–Crippen MR) is 105 cm³/mol. The van der Waals surface area contributed by atoms with Gasteiger partial charge in [-0.05, 0) is 74.1 Å². The Morgan fingerprint density at radius 2 is 2.04 bits per heavy atom. The largest absolute Gasteiger partial charge is 0.450 e. The number of carbonyl (C=O) groups excluding carboxylic acids is 1. The van der Waals surface area contributed by atoms with Gasteiger partial charge in [0, 0.05) is 28.8 Å². The summed E-state index contributed by atoms with van der Waals surface area (Å²) in [5.41, 5.74) is 5.49. The molecule has 0 fully saturated rings. The molecule has 4 rings (SSSR count). The van der Waals surface area contributed by atoms with Crippen LogP contribution >= 0.6 is 0 Å². The monoisotopic (exact) mass is 366 g/mol. The van der Waals surface area contributed by atoms with Gasteiger partial charge in [-0.15, -0.1) is 0 Å². The van der Waals surface area contributed by atoms with E-state index in [1.165, 1.54) is 30.2 Å². The number of ether oxygens (including phenoxy) is 1. The highest BCUT2D eigenvalue weighted by atomic mass is 19.1. The van der Waals surface area contributed by atoms with Gasteiger partial charge in [0.05, 0.1) is 6.61 Å². The highest BCUT2D eigenvalue weighted by Gasteiger charge is 2.20. The lowest BCUT2D eigenvalue weighted by atomic mass is 9.95. The highest BCUT2D eigenvalue weighted by molar-refractivity contribution is 5.93. The van der Waals surface area contributed by atoms with Gasteiger partial charge < -0.3 is 9.30 Å². The molecule has 1 aliphatic rings. The van der Waals surface area contributed by atoms with E-state index in [4.69, 9.17) is 4.74 Å². The molecule has 5 heteroatoms. The van der Waals surface area contributed by atoms with Crippen LogP contribution in [0.5, 0.6) is 0 Å². The molecule has 3 aromatic rings. The van der Waals surface area contributed by atoms with Gasteiger partial charge in [0.15, 0.2) is 0 Å². The average molecular weight is 366 g/mol. The van der Waals surface area contributed by atoms with E-state index in [0.29, 0.717) is 13.2 Å². The fourth-order valence-electron chi connectivity index (χ4n) is 4.00. The van der Waals surface area contributed by atoms with Crippen LogP contribution in [-0.4, -0.2) is 17.3 Å². The minimum Gasteiger partial charge on any atom is -0.450 e. The Hall–Kier alpha value is -2.82. The summed E-state index contributed by atoms with van der Waals surface area (Å²) in [4.78, 5) is 11.7. The molecule has 2 aromatic carbocycles. The number of rotatable bonds is 4. The molecule has 0 aliphatic heterocycles. The number of nitrogens with one attached hydrogen (secondary N) is 1. The molecular weight excluding hydrogens is 343 g/mol. The highest BCUT2D eigenvalue weighted by Crippen LogP contribution is 2.34. The van der Waals surface area contributed by atoms with Crippen LogP contribution < -0.4 is 5.32 Å². The Bertz CT molecular complexity index is 993. The molecule has 0 radical (unpaired) electrons. The van der Waals surface area contributed by atoms with Crippen molar-refractivity contribution in [2.45, 2.75) is 39.2 Å². The number of hydrogen-bond donors (Lipinski definition) is 1. The minimum atomic E-state index is -0.440. The minimum absolute atomic E-state index is 0.209. The number of hydrogen-bond acceptors (Lipinski definition) is 2. The number of amides is 1. The first-order valence-electron chi connectivity index (χ1n) is 9.48. The number of aromatic nitrogens is 1. The lowest BCUT2D eigenvalue weighted by molar-refractivity contribution is 0.168. The summed E-state index contributed by atoms with van der Waals surface area (Å²) in [6.45, 7) is 2.77. The van der Waals surface area contributed by atoms with Crippen LogP contribution in [0.15, 0.2) is 42.5 Å². The molecule has 0 unspecified atom stereocenters. The van der Waals surface area contributed by atoms with E-state index in [0.717, 1.165) is 35.0 Å². The van der Waals surface area contributed by atoms with Crippen molar-refractivity contribution in [1.29, 1.82) is 0 Å². The molecule has 0 spiro atoms. The van der Waals surface area contributed by atoms with Crippen LogP contribution in [0, 0.1) is 5.82 Å². The van der Waals surface area contributed by atoms with Gasteiger partial charge in [-0.25, -0.2) is 9.18 Å². The van der Waals surface area contributed by atoms with E-state index in [1.807, 2.05) is 24.3 Å². The fraction of sp³-hybridized carbons (Fsp3) is 0.318. The topological polar surface area (TPSA) is 43.3 Å². The van der Waals surface area contributed by atoms with Gasteiger partial charge in [0.1, 0.15) is 5.82 Å². The second kappa shape index (κ2) is 7.43. The quantitative estimate of drug-likeness (QED) is 0.683. The summed E-state index contributed by atoms with van der Waals surface area (Å²) in [7, 11) is 0. The third-order valence-corrected chi connectivity index (χ3v) is 5.13. The smallest absolute Gasteiger partial charge is 0.411 e. The first-order chi connectivity index (χ1) is 13.2. The predicted octanol–water partition coefficient (Wildman–Crippen LogP) is 5.28. The zero-order valence-electron chi connectivity index (χ0n) is 15.4. The second-order valence-corrected chi connectivity index (χ2v) is 6.93. The summed E-state index contributed by atoms with van der Waals surface area (Å²) in [5, 5.41) is 3.95. The Morgan fingerprint density at radius 3 is 2.85 bits per heavy atom. The van der Waals surface area contributed by atoms with E-state index >= 15 is 0 Å². The normalized spacial score (nSPS) is 13.4. The van der Waals surface area contributed by atoms with Crippen molar-refractivity contribution in [3.63, 3.8) is 0 Å². The van der Waals surface area contributed by atoms with E-state index < -0.39 is 6.09 Å². The SMILES string of the molecule is CCOC(=O)Nc1ccc2c(c1)c1c(n2Cc2cccc(F)c2)CCCC1. The van der Waals surface area contributed by atoms with E-state index in [1.54, 1.807) is 19.1 Å². The lowest BCUT2D eigenvalue weighted by Gasteiger charge is -2.16. The van der Waals surface area contributed by atoms with E-state index in [-0.39, 0.29) is 5.82 Å². The van der Waals surface area contributed by atoms with Gasteiger partial charge >= 0.3 is 6.09 Å². The molecule has 0 saturated carbocycles. The van der Waals surface area contributed by atoms with Crippen molar-refractivity contribution in [2.24, 2.45) is 0 Å². The molecule has 0 atom stereocenters. The molecule has 1 aromatic heterocycles. The number of carbonyl (C=O) groups is 1. The maximum Gasteiger partial charge on any atom is 0.411 e. The van der Waals surface area contributed by atoms with Crippen molar-refractivity contribution < 1.29 is 13.9 Å². The Labute approximate surface area is 157 Å². The van der Waals surface area contributed by atoms with E-state index in [9.17, 15) is 9.18 Å². The first kappa shape index (κ1) is 17.6. The molecule has 27 heavy (non-hydrogen) atoms. The zero-order chi connectivity index (χ0) is 18.8. The van der Waals surface area contributed by atoms with E-state index in [2.05, 4.69) is 9.88 Å². The lowest BCUT2D eigenvalue weighted by Crippen LogP contribution is -2.13. The van der Waals surface area contributed by atoms with Crippen molar-refractivity contribution in [2.75, 3.05) is 11.9 Å². The van der Waals surface area contributed by atoms with Crippen molar-refractivity contribution in [3.05, 3.63) is 65.1 Å². The fourth-order valence-corrected chi connectivity index (χ4v) is 4.00. The van der Waals surface area contributed by atoms with Crippen molar-refractivity contribution >= 4 is 22.7 Å². The number of aryl methyl sites for hydroxylation is 1. The summed E-state index contributed by atoms with van der Waals surface area (Å²) < 4.78 is 20.9. The van der Waals surface area contributed by atoms with Gasteiger partial charge in [0.25, 0.3) is 0 Å². The Balaban J connectivity index is 1.76. The van der Waals surface area contributed by atoms with Crippen LogP contribution in [-0.2, 0) is 24.1 Å². The van der Waals surface area contributed by atoms with Crippen LogP contribution in [0.3, 0.4) is 0 Å². The number of benzene rings is 2. The van der Waals surface area contributed by atoms with Crippen LogP contribution in [0.2, 0.25) is 0 Å². The summed E-state index contributed by atoms with van der Waals surface area (Å²) in [5.74, 6) is -0.209. The third-order valence-electron chi connectivity index (χ3n) is 5.13. The molecule has 0 saturated heterocycles. The Kier molecular flexibility index (Phi) is 4.84. The van der Waals surface area contributed by atoms with Crippen molar-refractivity contribution in [1.82, 2.24) is 4.57 Å². The molecule has 0 bridgehead atoms. The average Bonchev–Trinajstić information content (AvgIpc) is 2.96. The molecule has 1 aliphatic carbocycles. The van der Waals surface area contributed by atoms with Gasteiger partial charge in [-0.3, -0.25) is 5.32 Å². The first-order valence-corrected chi connectivity index (χ1v) is 9.48. The van der Waals surface area contributed by atoms with Gasteiger partial charge in [0.2, 0.25) is 0 Å². The van der Waals surface area contributed by atoms with Crippen LogP contribution in [0.25, 0.3) is 10.9 Å². The maximum absolute atomic E-state index is 13.6. The summed E-state index contributed by atoms with van der Waals surface area (Å²) >= 11 is 0. The number of fused-ring (bicyclic) bond motifs is 3. The maximum atomic E-state index is 13.6. The molecule has 1 N–H and O–H groups in total. The van der Waals surface area contributed by atoms with Gasteiger partial charge in [-0.1, -0.05) is 12.1 Å². The molecule has 140 valence electrons. The number of nitrogens with zero attached hydrogens (tertiary/aromatic N) is 1. The summed E-state index contributed by atoms with van der Waals surface area (Å²) in [6, 6.07) is 12.7.